The molecule has 0 aromatic rings. The molecule has 0 fully saturated rings. The molecule has 0 aromatic heterocycles. The Kier molecular flexibility index (Phi) is 5.08. The van der Waals surface area contributed by atoms with E-state index in [2.05, 4.69) is 4.74 Å². The first-order valence-corrected chi connectivity index (χ1v) is 3.82. The minimum absolute atomic E-state index is 0.0566. The quantitative estimate of drug-likeness (QED) is 0.255. The summed E-state index contributed by atoms with van der Waals surface area (Å²) < 4.78 is 10.9. The minimum atomic E-state index is -1.73. The van der Waals surface area contributed by atoms with E-state index in [9.17, 15) is 9.59 Å². The van der Waals surface area contributed by atoms with Gasteiger partial charge in [0.05, 0.1) is 6.54 Å². The van der Waals surface area contributed by atoms with Gasteiger partial charge in [-0.25, -0.2) is 0 Å². The number of aldehydes is 1. The van der Waals surface area contributed by atoms with Gasteiger partial charge in [0.25, 0.3) is 0 Å². The first-order valence-electron chi connectivity index (χ1n) is 4.32. The number of aliphatic hydroxyl groups is 3. The van der Waals surface area contributed by atoms with Crippen LogP contribution in [0.2, 0.25) is 1.41 Å². The summed E-state index contributed by atoms with van der Waals surface area (Å²) in [6, 6.07) is 0. The second-order valence-electron chi connectivity index (χ2n) is 2.54. The van der Waals surface area contributed by atoms with Gasteiger partial charge in [0.15, 0.2) is 6.29 Å². The monoisotopic (exact) mass is 208 g/mol. The van der Waals surface area contributed by atoms with Crippen molar-refractivity contribution < 1.29 is 31.1 Å². The highest BCUT2D eigenvalue weighted by Gasteiger charge is 2.25. The molecule has 5 N–H and O–H groups in total. The van der Waals surface area contributed by atoms with E-state index in [0.29, 0.717) is 0 Å². The molecule has 0 aliphatic rings. The number of esters is 1. The van der Waals surface area contributed by atoms with Gasteiger partial charge in [-0.3, -0.25) is 4.79 Å². The summed E-state index contributed by atoms with van der Waals surface area (Å²) >= 11 is 0. The number of aliphatic hydroxyl groups excluding tert-OH is 3. The van der Waals surface area contributed by atoms with Gasteiger partial charge in [-0.05, 0) is 0 Å². The lowest BCUT2D eigenvalue weighted by molar-refractivity contribution is -0.150. The number of nitrogens with two attached hydrogens (primary N) is 1. The Bertz CT molecular complexity index is 214. The normalized spacial score (nSPS) is 17.8. The summed E-state index contributed by atoms with van der Waals surface area (Å²) in [4.78, 5) is 20.7. The molecular formula is C7H13NO6. The van der Waals surface area contributed by atoms with E-state index in [1.54, 1.807) is 5.73 Å². The second-order valence-corrected chi connectivity index (χ2v) is 2.54. The van der Waals surface area contributed by atoms with Gasteiger partial charge in [0.2, 0.25) is 0 Å². The average Bonchev–Trinajstić information content (AvgIpc) is 2.24. The summed E-state index contributed by atoms with van der Waals surface area (Å²) in [5.74, 6) is -0.795. The molecule has 82 valence electrons. The molecule has 0 saturated carbocycles. The number of hydrogen-bond donors (Lipinski definition) is 4. The maximum Gasteiger partial charge on any atom is 0.319 e. The van der Waals surface area contributed by atoms with Crippen LogP contribution in [0.4, 0.5) is 0 Å². The molecule has 7 nitrogen and oxygen atoms in total. The van der Waals surface area contributed by atoms with Crippen LogP contribution >= 0.6 is 0 Å². The van der Waals surface area contributed by atoms with Crippen molar-refractivity contribution in [3.63, 3.8) is 0 Å². The Morgan fingerprint density at radius 2 is 2.21 bits per heavy atom. The third kappa shape index (κ3) is 4.28. The van der Waals surface area contributed by atoms with Crippen LogP contribution in [0.1, 0.15) is 0 Å². The highest BCUT2D eigenvalue weighted by molar-refractivity contribution is 5.71. The Hall–Kier alpha value is -1.02. The van der Waals surface area contributed by atoms with Crippen molar-refractivity contribution >= 4 is 12.3 Å². The molecule has 0 amide bonds. The van der Waals surface area contributed by atoms with Gasteiger partial charge in [0, 0.05) is 0 Å². The van der Waals surface area contributed by atoms with Gasteiger partial charge >= 0.3 is 5.97 Å². The number of ether oxygens (including phenoxy) is 1. The SMILES string of the molecule is [2H]NCC(=O)OC[C@@H](O)[C@@H](O)[C@@H](O)C=O. The van der Waals surface area contributed by atoms with Gasteiger partial charge < -0.3 is 30.6 Å². The van der Waals surface area contributed by atoms with Crippen molar-refractivity contribution in [2.75, 3.05) is 13.2 Å². The molecule has 14 heavy (non-hydrogen) atoms. The smallest absolute Gasteiger partial charge is 0.319 e. The van der Waals surface area contributed by atoms with Crippen LogP contribution in [0, 0.1) is 0 Å². The van der Waals surface area contributed by atoms with Crippen LogP contribution in [0.15, 0.2) is 0 Å². The van der Waals surface area contributed by atoms with Crippen molar-refractivity contribution in [1.82, 2.24) is 0 Å². The molecule has 0 spiro atoms. The molecule has 0 heterocycles. The maximum atomic E-state index is 10.7. The zero-order valence-electron chi connectivity index (χ0n) is 8.29. The molecule has 0 saturated heterocycles. The summed E-state index contributed by atoms with van der Waals surface area (Å²) in [6.07, 6.45) is -4.94. The van der Waals surface area contributed by atoms with Crippen LogP contribution in [-0.4, -0.2) is 59.0 Å². The van der Waals surface area contributed by atoms with Crippen molar-refractivity contribution in [3.05, 3.63) is 0 Å². The molecular weight excluding hydrogens is 194 g/mol. The predicted molar refractivity (Wildman–Crippen MR) is 44.1 cm³/mol. The molecule has 0 radical (unpaired) electrons. The lowest BCUT2D eigenvalue weighted by atomic mass is 10.1. The topological polar surface area (TPSA) is 130 Å². The molecule has 0 aromatic carbocycles. The number of carbonyl (C=O) groups is 2. The lowest BCUT2D eigenvalue weighted by Crippen LogP contribution is -2.41. The molecule has 7 heteroatoms. The predicted octanol–water partition coefficient (Wildman–Crippen LogP) is -3.23. The van der Waals surface area contributed by atoms with Crippen LogP contribution in [0.5, 0.6) is 0 Å². The van der Waals surface area contributed by atoms with Crippen molar-refractivity contribution in [3.8, 4) is 0 Å². The molecule has 0 bridgehead atoms. The standard InChI is InChI=1S/C7H13NO6/c8-1-6(12)14-3-5(11)7(13)4(10)2-9/h2,4-5,7,10-11,13H,1,3,8H2/t4-,5+,7-/m0/s1/i/hD. The fraction of sp³-hybridized carbons (Fsp3) is 0.714. The number of hydrogen-bond acceptors (Lipinski definition) is 7. The Balaban J connectivity index is 3.87. The lowest BCUT2D eigenvalue weighted by Gasteiger charge is -2.18. The molecule has 0 unspecified atom stereocenters. The highest BCUT2D eigenvalue weighted by Crippen LogP contribution is 1.99. The van der Waals surface area contributed by atoms with E-state index < -0.39 is 30.9 Å². The maximum absolute atomic E-state index is 10.7. The van der Waals surface area contributed by atoms with E-state index in [4.69, 9.17) is 16.7 Å². The fourth-order valence-electron chi connectivity index (χ4n) is 0.636. The highest BCUT2D eigenvalue weighted by atomic mass is 16.5. The van der Waals surface area contributed by atoms with Gasteiger partial charge in [0.1, 0.15) is 26.3 Å². The number of rotatable bonds is 7. The average molecular weight is 208 g/mol. The van der Waals surface area contributed by atoms with Gasteiger partial charge in [-0.15, -0.1) is 0 Å². The largest absolute Gasteiger partial charge is 0.462 e. The molecule has 0 rings (SSSR count). The van der Waals surface area contributed by atoms with Crippen LogP contribution in [0.3, 0.4) is 0 Å². The van der Waals surface area contributed by atoms with E-state index in [-0.39, 0.29) is 12.8 Å². The summed E-state index contributed by atoms with van der Waals surface area (Å²) in [6.45, 7) is -0.925. The van der Waals surface area contributed by atoms with E-state index in [1.807, 2.05) is 0 Å². The van der Waals surface area contributed by atoms with Crippen LogP contribution in [-0.2, 0) is 14.3 Å². The Morgan fingerprint density at radius 1 is 1.57 bits per heavy atom. The van der Waals surface area contributed by atoms with Crippen molar-refractivity contribution in [1.29, 1.82) is 0 Å². The van der Waals surface area contributed by atoms with Crippen LogP contribution < -0.4 is 5.73 Å². The Morgan fingerprint density at radius 3 is 2.71 bits per heavy atom. The van der Waals surface area contributed by atoms with Gasteiger partial charge in [-0.2, -0.15) is 0 Å². The van der Waals surface area contributed by atoms with Crippen LogP contribution in [0.25, 0.3) is 0 Å². The Labute approximate surface area is 81.6 Å². The van der Waals surface area contributed by atoms with Crippen molar-refractivity contribution in [2.24, 2.45) is 5.73 Å². The summed E-state index contributed by atoms with van der Waals surface area (Å²) in [5, 5.41) is 27.0. The van der Waals surface area contributed by atoms with E-state index in [1.165, 1.54) is 0 Å². The second kappa shape index (κ2) is 6.44. The molecule has 0 aliphatic carbocycles. The fourth-order valence-corrected chi connectivity index (χ4v) is 0.636. The van der Waals surface area contributed by atoms with E-state index >= 15 is 0 Å². The zero-order chi connectivity index (χ0) is 11.8. The molecule has 3 atom stereocenters. The van der Waals surface area contributed by atoms with Gasteiger partial charge in [-0.1, -0.05) is 0 Å². The first kappa shape index (κ1) is 11.1. The molecule has 0 aliphatic heterocycles. The first-order chi connectivity index (χ1) is 7.02. The number of carbonyl (C=O) groups excluding carboxylic acids is 2. The zero-order valence-corrected chi connectivity index (χ0v) is 7.29. The summed E-state index contributed by atoms with van der Waals surface area (Å²) in [5.41, 5.74) is 1.78. The minimum Gasteiger partial charge on any atom is -0.462 e. The summed E-state index contributed by atoms with van der Waals surface area (Å²) in [7, 11) is 0. The third-order valence-electron chi connectivity index (χ3n) is 1.44. The van der Waals surface area contributed by atoms with E-state index in [0.717, 1.165) is 0 Å². The van der Waals surface area contributed by atoms with Crippen molar-refractivity contribution in [2.45, 2.75) is 18.3 Å². The third-order valence-corrected chi connectivity index (χ3v) is 1.44.